The number of carbonyl (C=O) groups excluding carboxylic acids is 1. The van der Waals surface area contributed by atoms with Gasteiger partial charge in [-0.3, -0.25) is 4.79 Å². The molecule has 2 heterocycles. The van der Waals surface area contributed by atoms with Crippen molar-refractivity contribution in [1.29, 1.82) is 0 Å². The topological polar surface area (TPSA) is 47.4 Å². The Bertz CT molecular complexity index is 1060. The number of hydrogen-bond donors (Lipinski definition) is 0. The third-order valence-electron chi connectivity index (χ3n) is 6.80. The first-order valence-corrected chi connectivity index (χ1v) is 11.3. The fourth-order valence-electron chi connectivity index (χ4n) is 5.08. The smallest absolute Gasteiger partial charge is 0.258 e. The van der Waals surface area contributed by atoms with E-state index in [9.17, 15) is 4.79 Å². The van der Waals surface area contributed by atoms with Gasteiger partial charge in [-0.2, -0.15) is 0 Å². The molecule has 1 fully saturated rings. The van der Waals surface area contributed by atoms with Crippen LogP contribution in [-0.4, -0.2) is 33.0 Å². The maximum absolute atomic E-state index is 13.9. The summed E-state index contributed by atoms with van der Waals surface area (Å²) < 4.78 is 7.87. The van der Waals surface area contributed by atoms with Crippen molar-refractivity contribution in [2.75, 3.05) is 6.61 Å². The SMILES string of the molecule is Cn1ccnc1CN(C(=O)c1cccc2c1OCC2)C1CCCC(c2ccccc2)C1. The molecule has 1 amide bonds. The summed E-state index contributed by atoms with van der Waals surface area (Å²) in [6, 6.07) is 16.9. The standard InChI is InChI=1S/C26H29N3O2/c1-28-15-14-27-24(28)18-29(26(30)23-12-6-9-20-13-16-31-25(20)23)22-11-5-10-21(17-22)19-7-3-2-4-8-19/h2-4,6-9,12,14-15,21-22H,5,10-11,13,16-18H2,1H3. The Hall–Kier alpha value is -3.08. The molecule has 160 valence electrons. The number of rotatable bonds is 5. The van der Waals surface area contributed by atoms with Crippen LogP contribution in [0.4, 0.5) is 0 Å². The molecule has 2 atom stereocenters. The van der Waals surface area contributed by atoms with Crippen molar-refractivity contribution in [3.8, 4) is 5.75 Å². The Morgan fingerprint density at radius 3 is 2.84 bits per heavy atom. The molecule has 1 aromatic heterocycles. The van der Waals surface area contributed by atoms with E-state index in [0.717, 1.165) is 42.8 Å². The molecular weight excluding hydrogens is 386 g/mol. The zero-order chi connectivity index (χ0) is 21.2. The van der Waals surface area contributed by atoms with E-state index in [1.54, 1.807) is 6.20 Å². The molecule has 5 nitrogen and oxygen atoms in total. The summed E-state index contributed by atoms with van der Waals surface area (Å²) in [6.07, 6.45) is 8.91. The third-order valence-corrected chi connectivity index (χ3v) is 6.80. The summed E-state index contributed by atoms with van der Waals surface area (Å²) in [5.74, 6) is 2.21. The van der Waals surface area contributed by atoms with Crippen molar-refractivity contribution in [1.82, 2.24) is 14.5 Å². The van der Waals surface area contributed by atoms with Crippen molar-refractivity contribution in [3.05, 3.63) is 83.4 Å². The number of carbonyl (C=O) groups is 1. The number of ether oxygens (including phenoxy) is 1. The molecule has 1 aliphatic heterocycles. The van der Waals surface area contributed by atoms with Crippen LogP contribution in [0.5, 0.6) is 5.75 Å². The van der Waals surface area contributed by atoms with Crippen LogP contribution in [0.15, 0.2) is 60.9 Å². The molecular formula is C26H29N3O2. The van der Waals surface area contributed by atoms with Gasteiger partial charge in [-0.1, -0.05) is 48.9 Å². The number of hydrogen-bond acceptors (Lipinski definition) is 3. The highest BCUT2D eigenvalue weighted by Gasteiger charge is 2.33. The van der Waals surface area contributed by atoms with Gasteiger partial charge >= 0.3 is 0 Å². The van der Waals surface area contributed by atoms with E-state index in [1.807, 2.05) is 29.9 Å². The van der Waals surface area contributed by atoms with Gasteiger partial charge in [0.1, 0.15) is 11.6 Å². The Labute approximate surface area is 183 Å². The van der Waals surface area contributed by atoms with Crippen LogP contribution in [0.2, 0.25) is 0 Å². The molecule has 2 aliphatic rings. The number of nitrogens with zero attached hydrogens (tertiary/aromatic N) is 3. The lowest BCUT2D eigenvalue weighted by molar-refractivity contribution is 0.0589. The molecule has 2 unspecified atom stereocenters. The molecule has 1 saturated carbocycles. The number of amides is 1. The first-order chi connectivity index (χ1) is 15.2. The normalized spacial score (nSPS) is 20.2. The minimum atomic E-state index is 0.0560. The number of para-hydroxylation sites is 1. The van der Waals surface area contributed by atoms with Gasteiger partial charge in [-0.15, -0.1) is 0 Å². The molecule has 2 aromatic carbocycles. The monoisotopic (exact) mass is 415 g/mol. The van der Waals surface area contributed by atoms with E-state index >= 15 is 0 Å². The maximum atomic E-state index is 13.9. The van der Waals surface area contributed by atoms with Crippen molar-refractivity contribution in [2.45, 2.75) is 50.6 Å². The molecule has 5 heteroatoms. The first kappa shape index (κ1) is 19.9. The lowest BCUT2D eigenvalue weighted by Gasteiger charge is -2.38. The predicted octanol–water partition coefficient (Wildman–Crippen LogP) is 4.72. The average molecular weight is 416 g/mol. The largest absolute Gasteiger partial charge is 0.492 e. The Morgan fingerprint density at radius 1 is 1.16 bits per heavy atom. The van der Waals surface area contributed by atoms with Gasteiger partial charge in [0.15, 0.2) is 0 Å². The summed E-state index contributed by atoms with van der Waals surface area (Å²) >= 11 is 0. The number of fused-ring (bicyclic) bond motifs is 1. The summed E-state index contributed by atoms with van der Waals surface area (Å²) in [4.78, 5) is 20.5. The minimum Gasteiger partial charge on any atom is -0.492 e. The van der Waals surface area contributed by atoms with Gasteiger partial charge in [-0.05, 0) is 42.4 Å². The van der Waals surface area contributed by atoms with E-state index in [2.05, 4.69) is 46.3 Å². The minimum absolute atomic E-state index is 0.0560. The fraction of sp³-hybridized carbons (Fsp3) is 0.385. The molecule has 0 bridgehead atoms. The highest BCUT2D eigenvalue weighted by atomic mass is 16.5. The van der Waals surface area contributed by atoms with Crippen LogP contribution in [0, 0.1) is 0 Å². The maximum Gasteiger partial charge on any atom is 0.258 e. The second-order valence-electron chi connectivity index (χ2n) is 8.71. The number of imidazole rings is 1. The first-order valence-electron chi connectivity index (χ1n) is 11.3. The van der Waals surface area contributed by atoms with Gasteiger partial charge in [0.2, 0.25) is 0 Å². The number of aryl methyl sites for hydroxylation is 1. The second kappa shape index (κ2) is 8.58. The van der Waals surface area contributed by atoms with Crippen molar-refractivity contribution in [3.63, 3.8) is 0 Å². The number of aromatic nitrogens is 2. The Morgan fingerprint density at radius 2 is 2.03 bits per heavy atom. The molecule has 0 saturated heterocycles. The number of benzene rings is 2. The van der Waals surface area contributed by atoms with Crippen LogP contribution in [0.25, 0.3) is 0 Å². The lowest BCUT2D eigenvalue weighted by Crippen LogP contribution is -2.42. The molecule has 0 N–H and O–H groups in total. The van der Waals surface area contributed by atoms with Gasteiger partial charge in [-0.25, -0.2) is 4.98 Å². The van der Waals surface area contributed by atoms with Crippen molar-refractivity contribution < 1.29 is 9.53 Å². The van der Waals surface area contributed by atoms with E-state index in [-0.39, 0.29) is 11.9 Å². The average Bonchev–Trinajstić information content (AvgIpc) is 3.46. The van der Waals surface area contributed by atoms with Crippen molar-refractivity contribution in [2.24, 2.45) is 7.05 Å². The van der Waals surface area contributed by atoms with Gasteiger partial charge in [0.05, 0.1) is 18.7 Å². The van der Waals surface area contributed by atoms with Gasteiger partial charge < -0.3 is 14.2 Å². The van der Waals surface area contributed by atoms with E-state index < -0.39 is 0 Å². The predicted molar refractivity (Wildman–Crippen MR) is 120 cm³/mol. The second-order valence-corrected chi connectivity index (χ2v) is 8.71. The van der Waals surface area contributed by atoms with Crippen molar-refractivity contribution >= 4 is 5.91 Å². The van der Waals surface area contributed by atoms with Crippen LogP contribution >= 0.6 is 0 Å². The fourth-order valence-corrected chi connectivity index (χ4v) is 5.08. The van der Waals surface area contributed by atoms with E-state index in [1.165, 1.54) is 12.0 Å². The molecule has 3 aromatic rings. The molecule has 0 radical (unpaired) electrons. The van der Waals surface area contributed by atoms with E-state index in [0.29, 0.717) is 24.6 Å². The zero-order valence-electron chi connectivity index (χ0n) is 18.0. The summed E-state index contributed by atoms with van der Waals surface area (Å²) in [7, 11) is 1.99. The molecule has 31 heavy (non-hydrogen) atoms. The Kier molecular flexibility index (Phi) is 5.49. The molecule has 1 aliphatic carbocycles. The summed E-state index contributed by atoms with van der Waals surface area (Å²) in [5.41, 5.74) is 3.19. The van der Waals surface area contributed by atoms with Gasteiger partial charge in [0.25, 0.3) is 5.91 Å². The Balaban J connectivity index is 1.46. The van der Waals surface area contributed by atoms with E-state index in [4.69, 9.17) is 4.74 Å². The lowest BCUT2D eigenvalue weighted by atomic mass is 9.80. The highest BCUT2D eigenvalue weighted by molar-refractivity contribution is 5.97. The quantitative estimate of drug-likeness (QED) is 0.606. The highest BCUT2D eigenvalue weighted by Crippen LogP contribution is 2.37. The summed E-state index contributed by atoms with van der Waals surface area (Å²) in [5, 5.41) is 0. The third kappa shape index (κ3) is 3.97. The molecule has 5 rings (SSSR count). The molecule has 0 spiro atoms. The van der Waals surface area contributed by atoms with Crippen LogP contribution in [0.3, 0.4) is 0 Å². The van der Waals surface area contributed by atoms with Crippen LogP contribution in [0.1, 0.15) is 58.9 Å². The van der Waals surface area contributed by atoms with Crippen LogP contribution < -0.4 is 4.74 Å². The van der Waals surface area contributed by atoms with Crippen LogP contribution in [-0.2, 0) is 20.0 Å². The van der Waals surface area contributed by atoms with Gasteiger partial charge in [0, 0.05) is 31.9 Å². The summed E-state index contributed by atoms with van der Waals surface area (Å²) in [6.45, 7) is 1.16. The zero-order valence-corrected chi connectivity index (χ0v) is 18.0.